The fourth-order valence-corrected chi connectivity index (χ4v) is 5.49. The molecule has 2 N–H and O–H groups in total. The van der Waals surface area contributed by atoms with Crippen LogP contribution in [0.15, 0.2) is 41.3 Å². The van der Waals surface area contributed by atoms with E-state index in [2.05, 4.69) is 36.0 Å². The van der Waals surface area contributed by atoms with E-state index in [1.165, 1.54) is 29.7 Å². The average molecular weight is 459 g/mol. The Kier molecular flexibility index (Phi) is 7.96. The molecule has 1 aliphatic carbocycles. The highest BCUT2D eigenvalue weighted by atomic mass is 32.2. The maximum atomic E-state index is 12.6. The zero-order valence-corrected chi connectivity index (χ0v) is 20.2. The summed E-state index contributed by atoms with van der Waals surface area (Å²) in [5.74, 6) is 0.220. The number of hydrogen-bond donors (Lipinski definition) is 2. The molecule has 0 spiro atoms. The third kappa shape index (κ3) is 6.33. The van der Waals surface area contributed by atoms with Gasteiger partial charge in [-0.3, -0.25) is 4.79 Å². The summed E-state index contributed by atoms with van der Waals surface area (Å²) in [4.78, 5) is 12.6. The zero-order valence-electron chi connectivity index (χ0n) is 19.4. The molecule has 174 valence electrons. The first-order chi connectivity index (χ1) is 15.2. The number of nitrogens with one attached hydrogen (secondary N) is 2. The first-order valence-corrected chi connectivity index (χ1v) is 12.8. The second-order valence-electron chi connectivity index (χ2n) is 8.80. The Balaban J connectivity index is 1.53. The van der Waals surface area contributed by atoms with Crippen molar-refractivity contribution in [2.24, 2.45) is 0 Å². The summed E-state index contributed by atoms with van der Waals surface area (Å²) in [5.41, 5.74) is 4.64. The van der Waals surface area contributed by atoms with Crippen molar-refractivity contribution in [1.82, 2.24) is 10.0 Å². The zero-order chi connectivity index (χ0) is 23.3. The molecular formula is C25H34N2O4S. The molecule has 6 nitrogen and oxygen atoms in total. The molecule has 0 aliphatic heterocycles. The molecule has 0 saturated heterocycles. The lowest BCUT2D eigenvalue weighted by Gasteiger charge is -2.22. The van der Waals surface area contributed by atoms with E-state index in [1.807, 2.05) is 13.8 Å². The van der Waals surface area contributed by atoms with Crippen LogP contribution in [0.25, 0.3) is 0 Å². The monoisotopic (exact) mass is 458 g/mol. The molecule has 1 atom stereocenters. The molecule has 0 aromatic heterocycles. The van der Waals surface area contributed by atoms with Crippen molar-refractivity contribution in [1.29, 1.82) is 0 Å². The topological polar surface area (TPSA) is 84.5 Å². The predicted molar refractivity (Wildman–Crippen MR) is 126 cm³/mol. The fourth-order valence-electron chi connectivity index (χ4n) is 4.18. The number of sulfonamides is 1. The highest BCUT2D eigenvalue weighted by Gasteiger charge is 2.22. The van der Waals surface area contributed by atoms with Gasteiger partial charge in [0.05, 0.1) is 10.9 Å². The van der Waals surface area contributed by atoms with E-state index in [0.29, 0.717) is 5.75 Å². The van der Waals surface area contributed by atoms with Crippen molar-refractivity contribution >= 4 is 15.9 Å². The van der Waals surface area contributed by atoms with Crippen LogP contribution < -0.4 is 14.8 Å². The largest absolute Gasteiger partial charge is 0.484 e. The van der Waals surface area contributed by atoms with Gasteiger partial charge in [0.2, 0.25) is 10.0 Å². The van der Waals surface area contributed by atoms with Gasteiger partial charge in [0, 0.05) is 6.04 Å². The van der Waals surface area contributed by atoms with E-state index in [4.69, 9.17) is 4.74 Å². The number of amides is 1. The molecule has 1 saturated carbocycles. The highest BCUT2D eigenvalue weighted by molar-refractivity contribution is 7.89. The number of aryl methyl sites for hydroxylation is 3. The van der Waals surface area contributed by atoms with Gasteiger partial charge in [0.25, 0.3) is 5.91 Å². The minimum absolute atomic E-state index is 0.0105. The van der Waals surface area contributed by atoms with Crippen molar-refractivity contribution in [2.45, 2.75) is 76.8 Å². The average Bonchev–Trinajstić information content (AvgIpc) is 2.75. The summed E-state index contributed by atoms with van der Waals surface area (Å²) in [6.45, 7) is 7.99. The molecule has 3 rings (SSSR count). The van der Waals surface area contributed by atoms with E-state index < -0.39 is 10.0 Å². The van der Waals surface area contributed by atoms with Crippen molar-refractivity contribution in [3.8, 4) is 5.75 Å². The van der Waals surface area contributed by atoms with Gasteiger partial charge in [-0.05, 0) is 87.1 Å². The lowest BCUT2D eigenvalue weighted by atomic mass is 9.96. The molecule has 7 heteroatoms. The van der Waals surface area contributed by atoms with Crippen LogP contribution in [-0.2, 0) is 14.8 Å². The third-order valence-electron chi connectivity index (χ3n) is 6.16. The Bertz CT molecular complexity index is 1040. The summed E-state index contributed by atoms with van der Waals surface area (Å²) in [7, 11) is -3.55. The van der Waals surface area contributed by atoms with Crippen LogP contribution in [0.2, 0.25) is 0 Å². The Morgan fingerprint density at radius 2 is 1.62 bits per heavy atom. The minimum atomic E-state index is -3.55. The second kappa shape index (κ2) is 10.5. The van der Waals surface area contributed by atoms with Crippen LogP contribution in [0.4, 0.5) is 0 Å². The lowest BCUT2D eigenvalue weighted by molar-refractivity contribution is -0.123. The number of ether oxygens (including phenoxy) is 1. The van der Waals surface area contributed by atoms with Crippen molar-refractivity contribution in [3.05, 3.63) is 58.7 Å². The summed E-state index contributed by atoms with van der Waals surface area (Å²) >= 11 is 0. The van der Waals surface area contributed by atoms with E-state index >= 15 is 0 Å². The van der Waals surface area contributed by atoms with Crippen molar-refractivity contribution in [3.63, 3.8) is 0 Å². The fraction of sp³-hybridized carbons (Fsp3) is 0.480. The van der Waals surface area contributed by atoms with E-state index in [-0.39, 0.29) is 29.5 Å². The molecule has 32 heavy (non-hydrogen) atoms. The number of hydrogen-bond acceptors (Lipinski definition) is 4. The first kappa shape index (κ1) is 24.3. The first-order valence-electron chi connectivity index (χ1n) is 11.3. The smallest absolute Gasteiger partial charge is 0.258 e. The van der Waals surface area contributed by atoms with Crippen LogP contribution in [0.5, 0.6) is 5.75 Å². The van der Waals surface area contributed by atoms with Gasteiger partial charge in [-0.1, -0.05) is 31.4 Å². The van der Waals surface area contributed by atoms with E-state index in [1.54, 1.807) is 12.1 Å². The molecule has 0 radical (unpaired) electrons. The summed E-state index contributed by atoms with van der Waals surface area (Å²) in [5, 5.41) is 2.97. The number of carbonyl (C=O) groups is 1. The van der Waals surface area contributed by atoms with Gasteiger partial charge in [-0.25, -0.2) is 13.1 Å². The Morgan fingerprint density at radius 3 is 2.28 bits per heavy atom. The third-order valence-corrected chi connectivity index (χ3v) is 7.69. The number of benzene rings is 2. The molecule has 0 heterocycles. The van der Waals surface area contributed by atoms with E-state index in [9.17, 15) is 13.2 Å². The maximum absolute atomic E-state index is 12.6. The Labute approximate surface area is 191 Å². The van der Waals surface area contributed by atoms with Gasteiger partial charge in [0.1, 0.15) is 5.75 Å². The van der Waals surface area contributed by atoms with E-state index in [0.717, 1.165) is 36.8 Å². The second-order valence-corrected chi connectivity index (χ2v) is 10.5. The molecule has 2 aromatic carbocycles. The predicted octanol–water partition coefficient (Wildman–Crippen LogP) is 4.48. The Morgan fingerprint density at radius 1 is 1.00 bits per heavy atom. The number of rotatable bonds is 8. The molecule has 2 aromatic rings. The highest BCUT2D eigenvalue weighted by Crippen LogP contribution is 2.23. The van der Waals surface area contributed by atoms with Crippen LogP contribution in [0.3, 0.4) is 0 Å². The Hall–Kier alpha value is -2.38. The van der Waals surface area contributed by atoms with Gasteiger partial charge in [-0.15, -0.1) is 0 Å². The van der Waals surface area contributed by atoms with Crippen LogP contribution in [-0.4, -0.2) is 27.0 Å². The molecule has 0 unspecified atom stereocenters. The lowest BCUT2D eigenvalue weighted by Crippen LogP contribution is -2.36. The summed E-state index contributed by atoms with van der Waals surface area (Å²) in [6.07, 6.45) is 5.06. The van der Waals surface area contributed by atoms with Gasteiger partial charge >= 0.3 is 0 Å². The molecule has 1 aliphatic rings. The standard InChI is InChI=1S/C25H34N2O4S/c1-17-14-19(3)24(15-18(17)2)20(4)26-25(28)16-31-22-10-12-23(13-11-22)32(29,30)27-21-8-6-5-7-9-21/h10-15,20-21,27H,5-9,16H2,1-4H3,(H,26,28)/t20-/m0/s1. The minimum Gasteiger partial charge on any atom is -0.484 e. The van der Waals surface area contributed by atoms with Crippen LogP contribution in [0, 0.1) is 20.8 Å². The van der Waals surface area contributed by atoms with Crippen molar-refractivity contribution in [2.75, 3.05) is 6.61 Å². The number of carbonyl (C=O) groups excluding carboxylic acids is 1. The van der Waals surface area contributed by atoms with Gasteiger partial charge in [0.15, 0.2) is 6.61 Å². The quantitative estimate of drug-likeness (QED) is 0.611. The molecule has 1 fully saturated rings. The molecule has 1 amide bonds. The molecular weight excluding hydrogens is 424 g/mol. The van der Waals surface area contributed by atoms with Crippen LogP contribution in [0.1, 0.15) is 67.3 Å². The normalized spacial score (nSPS) is 15.9. The van der Waals surface area contributed by atoms with Crippen molar-refractivity contribution < 1.29 is 17.9 Å². The van der Waals surface area contributed by atoms with Crippen LogP contribution >= 0.6 is 0 Å². The summed E-state index contributed by atoms with van der Waals surface area (Å²) in [6, 6.07) is 10.3. The maximum Gasteiger partial charge on any atom is 0.258 e. The van der Waals surface area contributed by atoms with Gasteiger partial charge in [-0.2, -0.15) is 0 Å². The summed E-state index contributed by atoms with van der Waals surface area (Å²) < 4.78 is 33.5. The molecule has 0 bridgehead atoms. The van der Waals surface area contributed by atoms with Gasteiger partial charge < -0.3 is 10.1 Å². The SMILES string of the molecule is Cc1cc(C)c([C@H](C)NC(=O)COc2ccc(S(=O)(=O)NC3CCCCC3)cc2)cc1C.